The molecule has 0 radical (unpaired) electrons. The van der Waals surface area contributed by atoms with E-state index in [4.69, 9.17) is 28.9 Å². The van der Waals surface area contributed by atoms with Crippen molar-refractivity contribution >= 4 is 57.9 Å². The zero-order chi connectivity index (χ0) is 15.7. The van der Waals surface area contributed by atoms with Gasteiger partial charge < -0.3 is 5.11 Å². The van der Waals surface area contributed by atoms with Crippen LogP contribution in [0.5, 0.6) is 0 Å². The second kappa shape index (κ2) is 6.13. The second-order valence-electron chi connectivity index (χ2n) is 4.20. The first-order chi connectivity index (χ1) is 9.82. The molecular weight excluding hydrogens is 337 g/mol. The maximum Gasteiger partial charge on any atom is 0.326 e. The molecule has 0 unspecified atom stereocenters. The average molecular weight is 346 g/mol. The number of carbonyl (C=O) groups excluding carboxylic acids is 1. The van der Waals surface area contributed by atoms with Crippen LogP contribution in [-0.2, 0) is 9.59 Å². The van der Waals surface area contributed by atoms with Gasteiger partial charge in [0.25, 0.3) is 5.91 Å². The van der Waals surface area contributed by atoms with E-state index in [0.29, 0.717) is 0 Å². The van der Waals surface area contributed by atoms with Gasteiger partial charge in [0.2, 0.25) is 0 Å². The molecule has 110 valence electrons. The summed E-state index contributed by atoms with van der Waals surface area (Å²) in [6.07, 6.45) is 1.28. The number of rotatable bonds is 3. The molecule has 1 aliphatic heterocycles. The Morgan fingerprint density at radius 2 is 2.24 bits per heavy atom. The molecule has 1 aliphatic rings. The third kappa shape index (κ3) is 3.09. The van der Waals surface area contributed by atoms with Gasteiger partial charge in [0, 0.05) is 5.56 Å². The molecule has 1 saturated heterocycles. The molecule has 1 amide bonds. The van der Waals surface area contributed by atoms with Crippen LogP contribution >= 0.6 is 35.6 Å². The number of nitrogens with zero attached hydrogens (tertiary/aromatic N) is 1. The molecule has 4 nitrogen and oxygen atoms in total. The van der Waals surface area contributed by atoms with E-state index in [-0.39, 0.29) is 19.8 Å². The summed E-state index contributed by atoms with van der Waals surface area (Å²) in [6.45, 7) is 1.35. The number of carboxylic acid groups (broad SMARTS) is 1. The van der Waals surface area contributed by atoms with Gasteiger partial charge in [0.05, 0.1) is 9.93 Å². The highest BCUT2D eigenvalue weighted by Crippen LogP contribution is 2.35. The van der Waals surface area contributed by atoms with E-state index in [2.05, 4.69) is 0 Å². The minimum Gasteiger partial charge on any atom is -0.480 e. The molecule has 2 rings (SSSR count). The van der Waals surface area contributed by atoms with E-state index in [1.165, 1.54) is 31.2 Å². The minimum atomic E-state index is -1.17. The maximum atomic E-state index is 13.7. The van der Waals surface area contributed by atoms with Crippen molar-refractivity contribution in [3.63, 3.8) is 0 Å². The molecular formula is C13H9ClFNO3S2. The number of carboxylic acids is 1. The van der Waals surface area contributed by atoms with Crippen LogP contribution < -0.4 is 0 Å². The Kier molecular flexibility index (Phi) is 4.65. The fourth-order valence-corrected chi connectivity index (χ4v) is 3.32. The van der Waals surface area contributed by atoms with Crippen LogP contribution in [0.2, 0.25) is 5.02 Å². The van der Waals surface area contributed by atoms with Crippen molar-refractivity contribution in [2.24, 2.45) is 0 Å². The molecule has 0 saturated carbocycles. The van der Waals surface area contributed by atoms with Crippen LogP contribution in [0, 0.1) is 5.82 Å². The van der Waals surface area contributed by atoms with Crippen molar-refractivity contribution in [2.75, 3.05) is 0 Å². The highest BCUT2D eigenvalue weighted by Gasteiger charge is 2.38. The van der Waals surface area contributed by atoms with Gasteiger partial charge in [0.1, 0.15) is 16.2 Å². The summed E-state index contributed by atoms with van der Waals surface area (Å²) in [4.78, 5) is 24.3. The molecule has 0 aliphatic carbocycles. The van der Waals surface area contributed by atoms with E-state index in [9.17, 15) is 14.0 Å². The fourth-order valence-electron chi connectivity index (χ4n) is 1.70. The van der Waals surface area contributed by atoms with Crippen LogP contribution in [-0.4, -0.2) is 32.2 Å². The smallest absolute Gasteiger partial charge is 0.326 e. The van der Waals surface area contributed by atoms with Gasteiger partial charge >= 0.3 is 5.97 Å². The highest BCUT2D eigenvalue weighted by molar-refractivity contribution is 8.26. The number of thioether (sulfide) groups is 1. The van der Waals surface area contributed by atoms with E-state index >= 15 is 0 Å². The Balaban J connectivity index is 2.39. The van der Waals surface area contributed by atoms with Crippen molar-refractivity contribution in [1.82, 2.24) is 4.90 Å². The standard InChI is InChI=1S/C13H9ClFNO3S2/c1-6(12(18)19)16-11(17)10(21-13(16)20)5-7-8(14)3-2-4-9(7)15/h2-6H,1H3,(H,18,19)/b10-5+/t6-/m0/s1. The predicted octanol–water partition coefficient (Wildman–Crippen LogP) is 3.15. The van der Waals surface area contributed by atoms with Gasteiger partial charge in [-0.25, -0.2) is 9.18 Å². The molecule has 0 aromatic heterocycles. The van der Waals surface area contributed by atoms with E-state index in [1.54, 1.807) is 0 Å². The number of hydrogen-bond acceptors (Lipinski definition) is 4. The number of hydrogen-bond donors (Lipinski definition) is 1. The molecule has 1 N–H and O–H groups in total. The quantitative estimate of drug-likeness (QED) is 0.673. The van der Waals surface area contributed by atoms with E-state index < -0.39 is 23.7 Å². The van der Waals surface area contributed by atoms with E-state index in [1.807, 2.05) is 0 Å². The monoisotopic (exact) mass is 345 g/mol. The Morgan fingerprint density at radius 3 is 2.81 bits per heavy atom. The first kappa shape index (κ1) is 15.9. The summed E-state index contributed by atoms with van der Waals surface area (Å²) < 4.78 is 13.8. The van der Waals surface area contributed by atoms with Crippen molar-refractivity contribution in [3.8, 4) is 0 Å². The molecule has 1 heterocycles. The molecule has 0 spiro atoms. The van der Waals surface area contributed by atoms with Crippen LogP contribution in [0.4, 0.5) is 4.39 Å². The van der Waals surface area contributed by atoms with Gasteiger partial charge in [-0.15, -0.1) is 0 Å². The number of halogens is 2. The highest BCUT2D eigenvalue weighted by atomic mass is 35.5. The minimum absolute atomic E-state index is 0.0719. The number of aliphatic carboxylic acids is 1. The normalized spacial score (nSPS) is 18.4. The fraction of sp³-hybridized carbons (Fsp3) is 0.154. The summed E-state index contributed by atoms with van der Waals surface area (Å²) in [6, 6.07) is 3.08. The van der Waals surface area contributed by atoms with Gasteiger partial charge in [-0.05, 0) is 25.1 Å². The van der Waals surface area contributed by atoms with Crippen LogP contribution in [0.15, 0.2) is 23.1 Å². The Hall–Kier alpha value is -1.44. The third-order valence-corrected chi connectivity index (χ3v) is 4.50. The zero-order valence-corrected chi connectivity index (χ0v) is 13.1. The van der Waals surface area contributed by atoms with Crippen LogP contribution in [0.25, 0.3) is 6.08 Å². The first-order valence-electron chi connectivity index (χ1n) is 5.76. The zero-order valence-electron chi connectivity index (χ0n) is 10.7. The van der Waals surface area contributed by atoms with E-state index in [0.717, 1.165) is 16.7 Å². The van der Waals surface area contributed by atoms with Crippen LogP contribution in [0.3, 0.4) is 0 Å². The summed E-state index contributed by atoms with van der Waals surface area (Å²) in [7, 11) is 0. The van der Waals surface area contributed by atoms with Crippen molar-refractivity contribution in [2.45, 2.75) is 13.0 Å². The van der Waals surface area contributed by atoms with Crippen molar-refractivity contribution in [3.05, 3.63) is 39.5 Å². The van der Waals surface area contributed by atoms with Crippen molar-refractivity contribution in [1.29, 1.82) is 0 Å². The second-order valence-corrected chi connectivity index (χ2v) is 6.28. The molecule has 1 aromatic rings. The molecule has 8 heteroatoms. The lowest BCUT2D eigenvalue weighted by atomic mass is 10.2. The molecule has 21 heavy (non-hydrogen) atoms. The lowest BCUT2D eigenvalue weighted by molar-refractivity contribution is -0.144. The maximum absolute atomic E-state index is 13.7. The lowest BCUT2D eigenvalue weighted by Crippen LogP contribution is -2.41. The van der Waals surface area contributed by atoms with Gasteiger partial charge in [-0.1, -0.05) is 41.6 Å². The number of benzene rings is 1. The van der Waals surface area contributed by atoms with Gasteiger partial charge in [0.15, 0.2) is 0 Å². The largest absolute Gasteiger partial charge is 0.480 e. The predicted molar refractivity (Wildman–Crippen MR) is 83.5 cm³/mol. The molecule has 0 bridgehead atoms. The average Bonchev–Trinajstić information content (AvgIpc) is 2.68. The molecule has 1 fully saturated rings. The number of carbonyl (C=O) groups is 2. The lowest BCUT2D eigenvalue weighted by Gasteiger charge is -2.18. The summed E-state index contributed by atoms with van der Waals surface area (Å²) in [5.74, 6) is -2.31. The first-order valence-corrected chi connectivity index (χ1v) is 7.37. The Morgan fingerprint density at radius 1 is 1.57 bits per heavy atom. The summed E-state index contributed by atoms with van der Waals surface area (Å²) >= 11 is 11.8. The van der Waals surface area contributed by atoms with Gasteiger partial charge in [-0.3, -0.25) is 9.69 Å². The topological polar surface area (TPSA) is 57.6 Å². The van der Waals surface area contributed by atoms with Crippen molar-refractivity contribution < 1.29 is 19.1 Å². The Labute approximate surface area is 134 Å². The summed E-state index contributed by atoms with van der Waals surface area (Å²) in [5, 5.41) is 9.14. The van der Waals surface area contributed by atoms with Gasteiger partial charge in [-0.2, -0.15) is 0 Å². The molecule has 1 atom stereocenters. The molecule has 1 aromatic carbocycles. The van der Waals surface area contributed by atoms with Crippen LogP contribution in [0.1, 0.15) is 12.5 Å². The SMILES string of the molecule is C[C@@H](C(=O)O)N1C(=O)/C(=C\c2c(F)cccc2Cl)SC1=S. The third-order valence-electron chi connectivity index (χ3n) is 2.84. The number of thiocarbonyl (C=S) groups is 1. The Bertz CT molecular complexity index is 657. The summed E-state index contributed by atoms with van der Waals surface area (Å²) in [5.41, 5.74) is 0.0719. The number of amides is 1.